The summed E-state index contributed by atoms with van der Waals surface area (Å²) in [5.74, 6) is 1.08. The quantitative estimate of drug-likeness (QED) is 0.603. The zero-order valence-corrected chi connectivity index (χ0v) is 14.2. The number of nitrogens with zero attached hydrogens (tertiary/aromatic N) is 3. The molecule has 3 aromatic rings. The molecule has 0 saturated heterocycles. The van der Waals surface area contributed by atoms with Crippen LogP contribution in [0.15, 0.2) is 54.7 Å². The summed E-state index contributed by atoms with van der Waals surface area (Å²) in [6.45, 7) is 0.910. The lowest BCUT2D eigenvalue weighted by atomic mass is 10.2. The van der Waals surface area contributed by atoms with Gasteiger partial charge in [-0.15, -0.1) is 0 Å². The molecule has 0 unspecified atom stereocenters. The largest absolute Gasteiger partial charge is 0.395 e. The van der Waals surface area contributed by atoms with Gasteiger partial charge in [-0.2, -0.15) is 4.98 Å². The van der Waals surface area contributed by atoms with E-state index in [0.717, 1.165) is 11.3 Å². The maximum Gasteiger partial charge on any atom is 0.225 e. The van der Waals surface area contributed by atoms with Crippen LogP contribution >= 0.6 is 11.6 Å². The maximum absolute atomic E-state index is 9.01. The Morgan fingerprint density at radius 1 is 0.960 bits per heavy atom. The van der Waals surface area contributed by atoms with E-state index in [2.05, 4.69) is 25.6 Å². The number of aromatic nitrogens is 3. The molecule has 2 heterocycles. The number of pyridine rings is 1. The Morgan fingerprint density at radius 3 is 2.56 bits per heavy atom. The molecule has 0 aliphatic carbocycles. The second-order valence-electron chi connectivity index (χ2n) is 5.27. The van der Waals surface area contributed by atoms with Crippen molar-refractivity contribution < 1.29 is 5.11 Å². The van der Waals surface area contributed by atoms with Crippen molar-refractivity contribution in [1.29, 1.82) is 0 Å². The molecular weight excluding hydrogens is 338 g/mol. The first-order chi connectivity index (χ1) is 12.3. The van der Waals surface area contributed by atoms with E-state index in [9.17, 15) is 0 Å². The van der Waals surface area contributed by atoms with Crippen molar-refractivity contribution in [3.63, 3.8) is 0 Å². The van der Waals surface area contributed by atoms with Gasteiger partial charge in [-0.25, -0.2) is 4.98 Å². The molecule has 0 bridgehead atoms. The van der Waals surface area contributed by atoms with Gasteiger partial charge in [-0.1, -0.05) is 35.9 Å². The van der Waals surface area contributed by atoms with Gasteiger partial charge in [0, 0.05) is 30.4 Å². The van der Waals surface area contributed by atoms with Crippen molar-refractivity contribution in [3.8, 4) is 11.4 Å². The second kappa shape index (κ2) is 8.41. The highest BCUT2D eigenvalue weighted by molar-refractivity contribution is 6.31. The molecule has 0 amide bonds. The number of nitrogens with one attached hydrogen (secondary N) is 2. The highest BCUT2D eigenvalue weighted by atomic mass is 35.5. The van der Waals surface area contributed by atoms with Crippen molar-refractivity contribution in [1.82, 2.24) is 15.0 Å². The summed E-state index contributed by atoms with van der Waals surface area (Å²) >= 11 is 6.19. The Balaban J connectivity index is 1.85. The monoisotopic (exact) mass is 355 g/mol. The first-order valence-electron chi connectivity index (χ1n) is 7.89. The van der Waals surface area contributed by atoms with Gasteiger partial charge in [0.1, 0.15) is 5.82 Å². The van der Waals surface area contributed by atoms with Crippen LogP contribution in [0.3, 0.4) is 0 Å². The molecule has 0 aliphatic heterocycles. The summed E-state index contributed by atoms with van der Waals surface area (Å²) in [6, 6.07) is 15.1. The molecule has 0 fully saturated rings. The Bertz CT molecular complexity index is 829. The standard InChI is InChI=1S/C18H18ClN5O/c19-14-6-2-1-5-13(14)12-22-17-11-16(15-7-3-4-8-20-15)23-18(24-17)21-9-10-25/h1-8,11,25H,9-10,12H2,(H2,21,22,23,24). The number of hydrogen-bond acceptors (Lipinski definition) is 6. The van der Waals surface area contributed by atoms with E-state index in [0.29, 0.717) is 35.6 Å². The molecule has 1 aromatic carbocycles. The lowest BCUT2D eigenvalue weighted by Gasteiger charge is -2.11. The van der Waals surface area contributed by atoms with Crippen LogP contribution in [0, 0.1) is 0 Å². The smallest absolute Gasteiger partial charge is 0.225 e. The summed E-state index contributed by atoms with van der Waals surface area (Å²) in [5, 5.41) is 16.0. The van der Waals surface area contributed by atoms with Crippen molar-refractivity contribution in [2.75, 3.05) is 23.8 Å². The predicted molar refractivity (Wildman–Crippen MR) is 99.6 cm³/mol. The fraction of sp³-hybridized carbons (Fsp3) is 0.167. The van der Waals surface area contributed by atoms with E-state index in [1.54, 1.807) is 6.20 Å². The molecule has 2 aromatic heterocycles. The third-order valence-electron chi connectivity index (χ3n) is 3.47. The van der Waals surface area contributed by atoms with Crippen LogP contribution in [0.2, 0.25) is 5.02 Å². The Morgan fingerprint density at radius 2 is 1.80 bits per heavy atom. The van der Waals surface area contributed by atoms with Gasteiger partial charge in [0.15, 0.2) is 0 Å². The van der Waals surface area contributed by atoms with Crippen molar-refractivity contribution >= 4 is 23.4 Å². The molecular formula is C18H18ClN5O. The summed E-state index contributed by atoms with van der Waals surface area (Å²) in [6.07, 6.45) is 1.72. The van der Waals surface area contributed by atoms with E-state index < -0.39 is 0 Å². The first kappa shape index (κ1) is 17.1. The Labute approximate surface area is 150 Å². The number of aliphatic hydroxyl groups excluding tert-OH is 1. The second-order valence-corrected chi connectivity index (χ2v) is 5.68. The number of anilines is 2. The molecule has 3 rings (SSSR count). The molecule has 0 spiro atoms. The zero-order chi connectivity index (χ0) is 17.5. The van der Waals surface area contributed by atoms with Crippen LogP contribution < -0.4 is 10.6 Å². The van der Waals surface area contributed by atoms with Gasteiger partial charge in [0.05, 0.1) is 18.0 Å². The number of benzene rings is 1. The molecule has 0 atom stereocenters. The Kier molecular flexibility index (Phi) is 5.77. The van der Waals surface area contributed by atoms with Crippen LogP contribution in [-0.4, -0.2) is 33.2 Å². The van der Waals surface area contributed by atoms with E-state index in [1.807, 2.05) is 48.5 Å². The van der Waals surface area contributed by atoms with Gasteiger partial charge in [-0.05, 0) is 23.8 Å². The number of halogens is 1. The Hall–Kier alpha value is -2.70. The van der Waals surface area contributed by atoms with Gasteiger partial charge < -0.3 is 15.7 Å². The van der Waals surface area contributed by atoms with Gasteiger partial charge in [-0.3, -0.25) is 4.98 Å². The number of hydrogen-bond donors (Lipinski definition) is 3. The highest BCUT2D eigenvalue weighted by Gasteiger charge is 2.08. The van der Waals surface area contributed by atoms with E-state index in [1.165, 1.54) is 0 Å². The van der Waals surface area contributed by atoms with Gasteiger partial charge in [0.2, 0.25) is 5.95 Å². The average Bonchev–Trinajstić information content (AvgIpc) is 2.66. The molecule has 6 nitrogen and oxygen atoms in total. The van der Waals surface area contributed by atoms with Gasteiger partial charge in [0.25, 0.3) is 0 Å². The lowest BCUT2D eigenvalue weighted by molar-refractivity contribution is 0.311. The lowest BCUT2D eigenvalue weighted by Crippen LogP contribution is -2.11. The zero-order valence-electron chi connectivity index (χ0n) is 13.5. The van der Waals surface area contributed by atoms with Gasteiger partial charge >= 0.3 is 0 Å². The van der Waals surface area contributed by atoms with Crippen LogP contribution in [0.1, 0.15) is 5.56 Å². The minimum atomic E-state index is -0.000437. The topological polar surface area (TPSA) is 83.0 Å². The fourth-order valence-electron chi connectivity index (χ4n) is 2.26. The number of aliphatic hydroxyl groups is 1. The predicted octanol–water partition coefficient (Wildman–Crippen LogP) is 3.21. The summed E-state index contributed by atoms with van der Waals surface area (Å²) in [4.78, 5) is 13.2. The maximum atomic E-state index is 9.01. The van der Waals surface area contributed by atoms with Crippen LogP contribution in [0.4, 0.5) is 11.8 Å². The minimum Gasteiger partial charge on any atom is -0.395 e. The number of rotatable bonds is 7. The van der Waals surface area contributed by atoms with E-state index in [4.69, 9.17) is 16.7 Å². The summed E-state index contributed by atoms with van der Waals surface area (Å²) < 4.78 is 0. The van der Waals surface area contributed by atoms with Crippen LogP contribution in [0.5, 0.6) is 0 Å². The SMILES string of the molecule is OCCNc1nc(NCc2ccccc2Cl)cc(-c2ccccn2)n1. The molecule has 7 heteroatoms. The van der Waals surface area contributed by atoms with Crippen molar-refractivity contribution in [2.45, 2.75) is 6.54 Å². The average molecular weight is 356 g/mol. The van der Waals surface area contributed by atoms with Crippen molar-refractivity contribution in [3.05, 3.63) is 65.3 Å². The molecule has 0 aliphatic rings. The third-order valence-corrected chi connectivity index (χ3v) is 3.83. The van der Waals surface area contributed by atoms with Crippen molar-refractivity contribution in [2.24, 2.45) is 0 Å². The summed E-state index contributed by atoms with van der Waals surface area (Å²) in [7, 11) is 0. The molecule has 25 heavy (non-hydrogen) atoms. The fourth-order valence-corrected chi connectivity index (χ4v) is 2.46. The molecule has 0 radical (unpaired) electrons. The molecule has 0 saturated carbocycles. The first-order valence-corrected chi connectivity index (χ1v) is 8.26. The normalized spacial score (nSPS) is 10.5. The van der Waals surface area contributed by atoms with E-state index in [-0.39, 0.29) is 6.61 Å². The molecule has 3 N–H and O–H groups in total. The van der Waals surface area contributed by atoms with Crippen LogP contribution in [-0.2, 0) is 6.54 Å². The van der Waals surface area contributed by atoms with E-state index >= 15 is 0 Å². The summed E-state index contributed by atoms with van der Waals surface area (Å²) in [5.41, 5.74) is 2.42. The third kappa shape index (κ3) is 4.65. The molecule has 128 valence electrons. The highest BCUT2D eigenvalue weighted by Crippen LogP contribution is 2.21. The van der Waals surface area contributed by atoms with Crippen LogP contribution in [0.25, 0.3) is 11.4 Å². The minimum absolute atomic E-state index is 0.000437.